The van der Waals surface area contributed by atoms with Crippen LogP contribution in [0.5, 0.6) is 5.75 Å². The number of aromatic nitrogens is 1. The summed E-state index contributed by atoms with van der Waals surface area (Å²) in [7, 11) is 2.12. The minimum atomic E-state index is -0.347. The Bertz CT molecular complexity index is 1310. The first-order valence-electron chi connectivity index (χ1n) is 12.8. The highest BCUT2D eigenvalue weighted by Gasteiger charge is 2.47. The molecule has 1 aromatic heterocycles. The van der Waals surface area contributed by atoms with Gasteiger partial charge in [-0.25, -0.2) is 0 Å². The SMILES string of the molecule is Cc1ccc(OC[C@@H]2CCN2C)cc1C(=O)NC1(c2cc(/C=C/C3CC3)cc3ncccc23)CC1. The molecule has 3 aromatic rings. The molecule has 35 heavy (non-hydrogen) atoms. The van der Waals surface area contributed by atoms with Crippen molar-refractivity contribution in [1.29, 1.82) is 0 Å². The predicted molar refractivity (Wildman–Crippen MR) is 140 cm³/mol. The van der Waals surface area contributed by atoms with E-state index in [2.05, 4.69) is 52.6 Å². The van der Waals surface area contributed by atoms with E-state index in [-0.39, 0.29) is 11.4 Å². The molecule has 0 bridgehead atoms. The van der Waals surface area contributed by atoms with Crippen LogP contribution in [0.25, 0.3) is 17.0 Å². The number of aryl methyl sites for hydroxylation is 1. The summed E-state index contributed by atoms with van der Waals surface area (Å²) < 4.78 is 6.04. The van der Waals surface area contributed by atoms with Gasteiger partial charge in [-0.15, -0.1) is 0 Å². The molecule has 5 heteroatoms. The van der Waals surface area contributed by atoms with Gasteiger partial charge < -0.3 is 10.1 Å². The molecular weight excluding hydrogens is 434 g/mol. The fourth-order valence-electron chi connectivity index (χ4n) is 5.01. The van der Waals surface area contributed by atoms with Crippen LogP contribution in [0.15, 0.2) is 54.7 Å². The lowest BCUT2D eigenvalue weighted by Crippen LogP contribution is -2.48. The van der Waals surface area contributed by atoms with Gasteiger partial charge >= 0.3 is 0 Å². The smallest absolute Gasteiger partial charge is 0.252 e. The number of benzene rings is 2. The molecule has 1 atom stereocenters. The van der Waals surface area contributed by atoms with E-state index in [9.17, 15) is 4.79 Å². The van der Waals surface area contributed by atoms with Crippen LogP contribution in [0.4, 0.5) is 0 Å². The number of hydrogen-bond donors (Lipinski definition) is 1. The lowest BCUT2D eigenvalue weighted by atomic mass is 9.95. The molecule has 5 nitrogen and oxygen atoms in total. The zero-order chi connectivity index (χ0) is 24.0. The van der Waals surface area contributed by atoms with Crippen molar-refractivity contribution < 1.29 is 9.53 Å². The molecule has 2 aliphatic carbocycles. The first-order valence-corrected chi connectivity index (χ1v) is 12.8. The molecule has 1 N–H and O–H groups in total. The van der Waals surface area contributed by atoms with Crippen LogP contribution in [0.1, 0.15) is 59.2 Å². The topological polar surface area (TPSA) is 54.5 Å². The normalized spacial score (nSPS) is 21.1. The van der Waals surface area contributed by atoms with Gasteiger partial charge in [0.15, 0.2) is 0 Å². The highest BCUT2D eigenvalue weighted by Crippen LogP contribution is 2.48. The molecule has 1 saturated heterocycles. The summed E-state index contributed by atoms with van der Waals surface area (Å²) >= 11 is 0. The zero-order valence-electron chi connectivity index (χ0n) is 20.6. The fourth-order valence-corrected chi connectivity index (χ4v) is 5.01. The number of allylic oxidation sites excluding steroid dienone is 1. The van der Waals surface area contributed by atoms with Crippen LogP contribution in [0.2, 0.25) is 0 Å². The predicted octanol–water partition coefficient (Wildman–Crippen LogP) is 5.47. The monoisotopic (exact) mass is 467 g/mol. The van der Waals surface area contributed by atoms with Crippen LogP contribution >= 0.6 is 0 Å². The van der Waals surface area contributed by atoms with E-state index in [1.54, 1.807) is 0 Å². The number of nitrogens with zero attached hydrogens (tertiary/aromatic N) is 2. The van der Waals surface area contributed by atoms with Gasteiger partial charge in [-0.2, -0.15) is 0 Å². The largest absolute Gasteiger partial charge is 0.492 e. The summed E-state index contributed by atoms with van der Waals surface area (Å²) in [6.07, 6.45) is 12.0. The lowest BCUT2D eigenvalue weighted by Gasteiger charge is -2.37. The van der Waals surface area contributed by atoms with Crippen LogP contribution in [0.3, 0.4) is 0 Å². The molecule has 0 radical (unpaired) electrons. The molecule has 2 aromatic carbocycles. The summed E-state index contributed by atoms with van der Waals surface area (Å²) in [4.78, 5) is 20.5. The third-order valence-corrected chi connectivity index (χ3v) is 7.88. The summed E-state index contributed by atoms with van der Waals surface area (Å²) in [6.45, 7) is 3.77. The quantitative estimate of drug-likeness (QED) is 0.477. The van der Waals surface area contributed by atoms with Crippen molar-refractivity contribution in [2.24, 2.45) is 5.92 Å². The average Bonchev–Trinajstić information content (AvgIpc) is 3.79. The van der Waals surface area contributed by atoms with E-state index in [0.29, 0.717) is 18.2 Å². The maximum atomic E-state index is 13.5. The van der Waals surface area contributed by atoms with Crippen LogP contribution in [0, 0.1) is 12.8 Å². The Kier molecular flexibility index (Phi) is 5.60. The first kappa shape index (κ1) is 22.3. The van der Waals surface area contributed by atoms with Crippen molar-refractivity contribution in [3.63, 3.8) is 0 Å². The number of amides is 1. The number of likely N-dealkylation sites (N-methyl/N-ethyl adjacent to an activating group) is 1. The van der Waals surface area contributed by atoms with E-state index < -0.39 is 0 Å². The van der Waals surface area contributed by atoms with Gasteiger partial charge in [-0.1, -0.05) is 24.3 Å². The molecule has 3 fully saturated rings. The Morgan fingerprint density at radius 1 is 1.20 bits per heavy atom. The van der Waals surface area contributed by atoms with E-state index >= 15 is 0 Å². The minimum absolute atomic E-state index is 0.0396. The van der Waals surface area contributed by atoms with E-state index in [4.69, 9.17) is 4.74 Å². The van der Waals surface area contributed by atoms with Gasteiger partial charge in [0.1, 0.15) is 12.4 Å². The molecule has 1 amide bonds. The molecule has 0 unspecified atom stereocenters. The van der Waals surface area contributed by atoms with Gasteiger partial charge in [0.25, 0.3) is 5.91 Å². The maximum absolute atomic E-state index is 13.5. The van der Waals surface area contributed by atoms with E-state index in [0.717, 1.165) is 59.5 Å². The molecule has 2 saturated carbocycles. The Hall–Kier alpha value is -3.18. The molecule has 2 heterocycles. The van der Waals surface area contributed by atoms with Crippen LogP contribution in [-0.2, 0) is 5.54 Å². The second-order valence-corrected chi connectivity index (χ2v) is 10.6. The molecule has 6 rings (SSSR count). The summed E-state index contributed by atoms with van der Waals surface area (Å²) in [5.74, 6) is 1.43. The van der Waals surface area contributed by atoms with Gasteiger partial charge in [0.05, 0.1) is 11.1 Å². The van der Waals surface area contributed by atoms with Gasteiger partial charge in [0, 0.05) is 23.2 Å². The Balaban J connectivity index is 1.26. The second kappa shape index (κ2) is 8.80. The van der Waals surface area contributed by atoms with Crippen LogP contribution in [-0.4, -0.2) is 42.0 Å². The number of hydrogen-bond acceptors (Lipinski definition) is 4. The molecule has 1 aliphatic heterocycles. The number of nitrogens with one attached hydrogen (secondary N) is 1. The third-order valence-electron chi connectivity index (χ3n) is 7.88. The first-order chi connectivity index (χ1) is 17.0. The molecule has 0 spiro atoms. The lowest BCUT2D eigenvalue weighted by molar-refractivity contribution is 0.0767. The number of likely N-dealkylation sites (tertiary alicyclic amines) is 1. The highest BCUT2D eigenvalue weighted by atomic mass is 16.5. The van der Waals surface area contributed by atoms with Crippen molar-refractivity contribution in [2.45, 2.75) is 50.6 Å². The number of carbonyl (C=O) groups is 1. The third kappa shape index (κ3) is 4.57. The van der Waals surface area contributed by atoms with Crippen molar-refractivity contribution in [3.05, 3.63) is 77.0 Å². The number of fused-ring (bicyclic) bond motifs is 1. The van der Waals surface area contributed by atoms with Crippen molar-refractivity contribution >= 4 is 22.9 Å². The van der Waals surface area contributed by atoms with Crippen LogP contribution < -0.4 is 10.1 Å². The van der Waals surface area contributed by atoms with Gasteiger partial charge in [0.2, 0.25) is 0 Å². The minimum Gasteiger partial charge on any atom is -0.492 e. The zero-order valence-corrected chi connectivity index (χ0v) is 20.6. The summed E-state index contributed by atoms with van der Waals surface area (Å²) in [5, 5.41) is 4.52. The van der Waals surface area contributed by atoms with Crippen molar-refractivity contribution in [1.82, 2.24) is 15.2 Å². The fraction of sp³-hybridized carbons (Fsp3) is 0.400. The Morgan fingerprint density at radius 3 is 2.77 bits per heavy atom. The standard InChI is InChI=1S/C30H33N3O2/c1-20-5-10-24(35-19-23-11-15-33(23)2)18-26(20)29(34)32-30(12-13-30)27-16-22(9-8-21-6-7-21)17-28-25(27)4-3-14-31-28/h3-5,8-10,14,16-18,21,23H,6-7,11-13,15,19H2,1-2H3,(H,32,34)/b9-8+/t23-/m0/s1. The summed E-state index contributed by atoms with van der Waals surface area (Å²) in [5.41, 5.74) is 4.60. The van der Waals surface area contributed by atoms with Gasteiger partial charge in [-0.3, -0.25) is 14.7 Å². The Labute approximate surface area is 207 Å². The second-order valence-electron chi connectivity index (χ2n) is 10.6. The van der Waals surface area contributed by atoms with Crippen molar-refractivity contribution in [2.75, 3.05) is 20.2 Å². The maximum Gasteiger partial charge on any atom is 0.252 e. The number of carbonyl (C=O) groups excluding carboxylic acids is 1. The molecule has 3 aliphatic rings. The number of pyridine rings is 1. The van der Waals surface area contributed by atoms with E-state index in [1.165, 1.54) is 18.4 Å². The molecular formula is C30H33N3O2. The highest BCUT2D eigenvalue weighted by molar-refractivity contribution is 5.97. The summed E-state index contributed by atoms with van der Waals surface area (Å²) in [6, 6.07) is 14.8. The van der Waals surface area contributed by atoms with Crippen molar-refractivity contribution in [3.8, 4) is 5.75 Å². The number of ether oxygens (including phenoxy) is 1. The Morgan fingerprint density at radius 2 is 2.06 bits per heavy atom. The van der Waals surface area contributed by atoms with Gasteiger partial charge in [-0.05, 0) is 106 Å². The van der Waals surface area contributed by atoms with E-state index in [1.807, 2.05) is 37.4 Å². The average molecular weight is 468 g/mol. The molecule has 180 valence electrons. The number of rotatable bonds is 8.